The van der Waals surface area contributed by atoms with Crippen molar-refractivity contribution in [2.24, 2.45) is 0 Å². The highest BCUT2D eigenvalue weighted by Gasteiger charge is 2.26. The van der Waals surface area contributed by atoms with Gasteiger partial charge in [0.2, 0.25) is 5.91 Å². The molecule has 0 aliphatic carbocycles. The smallest absolute Gasteiger partial charge is 0.240 e. The van der Waals surface area contributed by atoms with Crippen molar-refractivity contribution >= 4 is 15.7 Å². The average molecular weight is 321 g/mol. The third-order valence-electron chi connectivity index (χ3n) is 3.44. The quantitative estimate of drug-likeness (QED) is 0.831. The van der Waals surface area contributed by atoms with E-state index < -0.39 is 21.0 Å². The first-order valence-electron chi connectivity index (χ1n) is 6.82. The van der Waals surface area contributed by atoms with Gasteiger partial charge in [0, 0.05) is 31.6 Å². The Hall–Kier alpha value is -2.15. The van der Waals surface area contributed by atoms with E-state index >= 15 is 0 Å². The van der Waals surface area contributed by atoms with Gasteiger partial charge in [-0.25, -0.2) is 13.1 Å². The van der Waals surface area contributed by atoms with Crippen molar-refractivity contribution < 1.29 is 13.2 Å². The molecule has 0 unspecified atom stereocenters. The number of para-hydroxylation sites is 1. The van der Waals surface area contributed by atoms with E-state index in [1.54, 1.807) is 17.9 Å². The second-order valence-corrected chi connectivity index (χ2v) is 7.66. The molecule has 1 aromatic heterocycles. The lowest BCUT2D eigenvalue weighted by atomic mass is 10.3. The number of hydrogen-bond donors (Lipinski definition) is 0. The predicted molar refractivity (Wildman–Crippen MR) is 84.3 cm³/mol. The third-order valence-corrected chi connectivity index (χ3v) is 4.93. The molecule has 0 aliphatic heterocycles. The van der Waals surface area contributed by atoms with E-state index in [1.165, 1.54) is 11.8 Å². The first kappa shape index (κ1) is 16.2. The molecular weight excluding hydrogens is 302 g/mol. The number of benzene rings is 1. The monoisotopic (exact) mass is 321 g/mol. The molecule has 0 spiro atoms. The molecule has 0 fully saturated rings. The Bertz CT molecular complexity index is 753. The minimum Gasteiger partial charge on any atom is -0.340 e. The molecule has 22 heavy (non-hydrogen) atoms. The summed E-state index contributed by atoms with van der Waals surface area (Å²) in [5.41, 5.74) is 1.76. The average Bonchev–Trinajstić information content (AvgIpc) is 2.94. The summed E-state index contributed by atoms with van der Waals surface area (Å²) in [5.74, 6) is -0.421. The molecule has 2 aromatic rings. The Morgan fingerprint density at radius 1 is 1.32 bits per heavy atom. The van der Waals surface area contributed by atoms with Gasteiger partial charge in [-0.05, 0) is 19.1 Å². The summed E-state index contributed by atoms with van der Waals surface area (Å²) in [4.78, 5) is 13.5. The zero-order valence-corrected chi connectivity index (χ0v) is 13.6. The van der Waals surface area contributed by atoms with Gasteiger partial charge >= 0.3 is 0 Å². The Morgan fingerprint density at radius 2 is 1.95 bits per heavy atom. The molecule has 1 amide bonds. The van der Waals surface area contributed by atoms with Gasteiger partial charge in [-0.2, -0.15) is 5.10 Å². The Kier molecular flexibility index (Phi) is 4.65. The van der Waals surface area contributed by atoms with Crippen LogP contribution in [-0.2, 0) is 21.2 Å². The molecule has 1 atom stereocenters. The summed E-state index contributed by atoms with van der Waals surface area (Å²) in [6.45, 7) is 1.72. The summed E-state index contributed by atoms with van der Waals surface area (Å²) in [7, 11) is -1.80. The lowest BCUT2D eigenvalue weighted by Gasteiger charge is -2.19. The lowest BCUT2D eigenvalue weighted by Crippen LogP contribution is -2.38. The van der Waals surface area contributed by atoms with E-state index in [0.29, 0.717) is 6.54 Å². The van der Waals surface area contributed by atoms with Crippen LogP contribution in [0.4, 0.5) is 0 Å². The molecule has 2 rings (SSSR count). The van der Waals surface area contributed by atoms with Crippen molar-refractivity contribution in [3.8, 4) is 5.69 Å². The Balaban J connectivity index is 2.09. The van der Waals surface area contributed by atoms with Crippen molar-refractivity contribution in [2.75, 3.05) is 13.3 Å². The molecule has 118 valence electrons. The number of carbonyl (C=O) groups excluding carboxylic acids is 1. The number of rotatable bonds is 5. The van der Waals surface area contributed by atoms with Crippen LogP contribution in [0.1, 0.15) is 12.5 Å². The number of hydrogen-bond acceptors (Lipinski definition) is 4. The van der Waals surface area contributed by atoms with Gasteiger partial charge < -0.3 is 4.90 Å². The summed E-state index contributed by atoms with van der Waals surface area (Å²) in [6.07, 6.45) is 4.56. The Labute approximate surface area is 130 Å². The summed E-state index contributed by atoms with van der Waals surface area (Å²) in [6, 6.07) is 9.61. The number of carbonyl (C=O) groups is 1. The standard InChI is InChI=1S/C15H19N3O3S/c1-12(22(3,20)21)15(19)17(2)10-13-9-16-18(11-13)14-7-5-4-6-8-14/h4-9,11-12H,10H2,1-3H3/t12-/m0/s1. The fourth-order valence-electron chi connectivity index (χ4n) is 2.01. The van der Waals surface area contributed by atoms with E-state index in [4.69, 9.17) is 0 Å². The number of sulfone groups is 1. The maximum absolute atomic E-state index is 12.1. The van der Waals surface area contributed by atoms with Crippen LogP contribution in [0, 0.1) is 0 Å². The van der Waals surface area contributed by atoms with Gasteiger partial charge in [-0.15, -0.1) is 0 Å². The first-order chi connectivity index (χ1) is 10.3. The van der Waals surface area contributed by atoms with Gasteiger partial charge in [-0.3, -0.25) is 4.79 Å². The fraction of sp³-hybridized carbons (Fsp3) is 0.333. The number of aromatic nitrogens is 2. The van der Waals surface area contributed by atoms with Crippen molar-refractivity contribution in [2.45, 2.75) is 18.7 Å². The van der Waals surface area contributed by atoms with Gasteiger partial charge in [0.05, 0.1) is 11.9 Å². The van der Waals surface area contributed by atoms with Gasteiger partial charge in [-0.1, -0.05) is 18.2 Å². The third kappa shape index (κ3) is 3.73. The minimum absolute atomic E-state index is 0.311. The van der Waals surface area contributed by atoms with Crippen LogP contribution in [0.5, 0.6) is 0 Å². The van der Waals surface area contributed by atoms with Crippen LogP contribution in [0.15, 0.2) is 42.7 Å². The maximum Gasteiger partial charge on any atom is 0.240 e. The van der Waals surface area contributed by atoms with Crippen LogP contribution in [0.3, 0.4) is 0 Å². The molecule has 0 saturated heterocycles. The second-order valence-electron chi connectivity index (χ2n) is 5.29. The highest BCUT2D eigenvalue weighted by Crippen LogP contribution is 2.11. The summed E-state index contributed by atoms with van der Waals surface area (Å²) in [5, 5.41) is 3.21. The van der Waals surface area contributed by atoms with E-state index in [-0.39, 0.29) is 0 Å². The first-order valence-corrected chi connectivity index (χ1v) is 8.77. The normalized spacial score (nSPS) is 12.9. The van der Waals surface area contributed by atoms with Crippen LogP contribution < -0.4 is 0 Å². The zero-order valence-electron chi connectivity index (χ0n) is 12.8. The summed E-state index contributed by atoms with van der Waals surface area (Å²) >= 11 is 0. The van der Waals surface area contributed by atoms with Crippen molar-refractivity contribution in [1.29, 1.82) is 0 Å². The van der Waals surface area contributed by atoms with Crippen LogP contribution in [0.2, 0.25) is 0 Å². The molecule has 1 aromatic carbocycles. The van der Waals surface area contributed by atoms with Crippen molar-refractivity contribution in [3.05, 3.63) is 48.3 Å². The molecule has 7 heteroatoms. The molecule has 6 nitrogen and oxygen atoms in total. The summed E-state index contributed by atoms with van der Waals surface area (Å²) < 4.78 is 24.6. The van der Waals surface area contributed by atoms with E-state index in [9.17, 15) is 13.2 Å². The van der Waals surface area contributed by atoms with Gasteiger partial charge in [0.25, 0.3) is 0 Å². The zero-order chi connectivity index (χ0) is 16.3. The van der Waals surface area contributed by atoms with E-state index in [2.05, 4.69) is 5.10 Å². The number of nitrogens with zero attached hydrogens (tertiary/aromatic N) is 3. The predicted octanol–water partition coefficient (Wildman–Crippen LogP) is 1.26. The molecular formula is C15H19N3O3S. The van der Waals surface area contributed by atoms with Crippen LogP contribution >= 0.6 is 0 Å². The molecule has 0 saturated carbocycles. The molecule has 0 N–H and O–H groups in total. The SMILES string of the molecule is C[C@@H](C(=O)N(C)Cc1cnn(-c2ccccc2)c1)S(C)(=O)=O. The van der Waals surface area contributed by atoms with Crippen LogP contribution in [0.25, 0.3) is 5.69 Å². The van der Waals surface area contributed by atoms with Gasteiger partial charge in [0.1, 0.15) is 5.25 Å². The van der Waals surface area contributed by atoms with Gasteiger partial charge in [0.15, 0.2) is 9.84 Å². The van der Waals surface area contributed by atoms with Crippen molar-refractivity contribution in [1.82, 2.24) is 14.7 Å². The molecule has 0 aliphatic rings. The highest BCUT2D eigenvalue weighted by molar-refractivity contribution is 7.92. The lowest BCUT2D eigenvalue weighted by molar-refractivity contribution is -0.129. The van der Waals surface area contributed by atoms with Crippen molar-refractivity contribution in [3.63, 3.8) is 0 Å². The highest BCUT2D eigenvalue weighted by atomic mass is 32.2. The largest absolute Gasteiger partial charge is 0.340 e. The molecule has 0 radical (unpaired) electrons. The maximum atomic E-state index is 12.1. The fourth-order valence-corrected chi connectivity index (χ4v) is 2.56. The Morgan fingerprint density at radius 3 is 2.55 bits per heavy atom. The van der Waals surface area contributed by atoms with E-state index in [1.807, 2.05) is 36.5 Å². The minimum atomic E-state index is -3.39. The van der Waals surface area contributed by atoms with Crippen LogP contribution in [-0.4, -0.2) is 47.6 Å². The second kappa shape index (κ2) is 6.31. The molecule has 1 heterocycles. The van der Waals surface area contributed by atoms with E-state index in [0.717, 1.165) is 17.5 Å². The molecule has 0 bridgehead atoms. The number of amides is 1. The topological polar surface area (TPSA) is 72.3 Å².